The molecular formula is C13H10BrF3N2. The van der Waals surface area contributed by atoms with E-state index in [1.807, 2.05) is 0 Å². The average Bonchev–Trinajstić information content (AvgIpc) is 2.40. The van der Waals surface area contributed by atoms with E-state index in [9.17, 15) is 13.2 Å². The SMILES string of the molecule is NNC(c1ccccc1F)c1c(F)ccc(Br)c1F. The van der Waals surface area contributed by atoms with Crippen LogP contribution in [0.2, 0.25) is 0 Å². The standard InChI is InChI=1S/C13H10BrF3N2/c14-8-5-6-10(16)11(12(8)17)13(19-18)7-3-1-2-4-9(7)15/h1-6,13,19H,18H2. The molecule has 100 valence electrons. The fraction of sp³-hybridized carbons (Fsp3) is 0.0769. The Balaban J connectivity index is 2.61. The molecule has 0 heterocycles. The van der Waals surface area contributed by atoms with Crippen molar-refractivity contribution in [1.29, 1.82) is 0 Å². The zero-order valence-corrected chi connectivity index (χ0v) is 11.2. The largest absolute Gasteiger partial charge is 0.271 e. The molecule has 2 nitrogen and oxygen atoms in total. The Morgan fingerprint density at radius 1 is 1.00 bits per heavy atom. The van der Waals surface area contributed by atoms with E-state index >= 15 is 0 Å². The van der Waals surface area contributed by atoms with E-state index in [1.165, 1.54) is 24.3 Å². The van der Waals surface area contributed by atoms with Gasteiger partial charge in [-0.25, -0.2) is 18.6 Å². The highest BCUT2D eigenvalue weighted by molar-refractivity contribution is 9.10. The first-order chi connectivity index (χ1) is 9.06. The quantitative estimate of drug-likeness (QED) is 0.514. The van der Waals surface area contributed by atoms with E-state index in [0.717, 1.165) is 6.07 Å². The van der Waals surface area contributed by atoms with Crippen molar-refractivity contribution >= 4 is 15.9 Å². The lowest BCUT2D eigenvalue weighted by Gasteiger charge is -2.19. The second-order valence-electron chi connectivity index (χ2n) is 3.88. The molecule has 19 heavy (non-hydrogen) atoms. The molecule has 1 atom stereocenters. The average molecular weight is 331 g/mol. The number of hydrogen-bond donors (Lipinski definition) is 2. The summed E-state index contributed by atoms with van der Waals surface area (Å²) in [4.78, 5) is 0. The van der Waals surface area contributed by atoms with Crippen molar-refractivity contribution in [3.8, 4) is 0 Å². The predicted octanol–water partition coefficient (Wildman–Crippen LogP) is 3.42. The van der Waals surface area contributed by atoms with Crippen LogP contribution in [0, 0.1) is 17.5 Å². The molecule has 0 bridgehead atoms. The monoisotopic (exact) mass is 330 g/mol. The fourth-order valence-electron chi connectivity index (χ4n) is 1.85. The molecule has 0 spiro atoms. The van der Waals surface area contributed by atoms with Crippen molar-refractivity contribution in [3.05, 3.63) is 69.4 Å². The minimum atomic E-state index is -1.11. The molecule has 0 radical (unpaired) electrons. The van der Waals surface area contributed by atoms with Crippen molar-refractivity contribution in [2.45, 2.75) is 6.04 Å². The first-order valence-corrected chi connectivity index (χ1v) is 6.19. The van der Waals surface area contributed by atoms with Gasteiger partial charge in [-0.05, 0) is 34.1 Å². The van der Waals surface area contributed by atoms with Gasteiger partial charge in [0.05, 0.1) is 10.5 Å². The summed E-state index contributed by atoms with van der Waals surface area (Å²) in [5.74, 6) is 3.12. The maximum absolute atomic E-state index is 14.0. The van der Waals surface area contributed by atoms with E-state index < -0.39 is 23.5 Å². The molecule has 2 aromatic carbocycles. The summed E-state index contributed by atoms with van der Waals surface area (Å²) in [5.41, 5.74) is 1.98. The number of hydrogen-bond acceptors (Lipinski definition) is 2. The summed E-state index contributed by atoms with van der Waals surface area (Å²) in [6, 6.07) is 6.89. The zero-order chi connectivity index (χ0) is 14.0. The Morgan fingerprint density at radius 3 is 2.32 bits per heavy atom. The number of nitrogens with two attached hydrogens (primary N) is 1. The van der Waals surface area contributed by atoms with Crippen molar-refractivity contribution in [3.63, 3.8) is 0 Å². The van der Waals surface area contributed by atoms with Gasteiger partial charge in [-0.3, -0.25) is 5.84 Å². The van der Waals surface area contributed by atoms with Gasteiger partial charge in [-0.2, -0.15) is 0 Å². The number of rotatable bonds is 3. The van der Waals surface area contributed by atoms with Crippen LogP contribution in [0.1, 0.15) is 17.2 Å². The van der Waals surface area contributed by atoms with E-state index in [-0.39, 0.29) is 15.6 Å². The van der Waals surface area contributed by atoms with E-state index in [2.05, 4.69) is 21.4 Å². The highest BCUT2D eigenvalue weighted by Gasteiger charge is 2.24. The minimum Gasteiger partial charge on any atom is -0.271 e. The van der Waals surface area contributed by atoms with Crippen LogP contribution in [0.3, 0.4) is 0 Å². The van der Waals surface area contributed by atoms with Crippen LogP contribution in [-0.2, 0) is 0 Å². The van der Waals surface area contributed by atoms with Gasteiger partial charge in [-0.1, -0.05) is 18.2 Å². The summed E-state index contributed by atoms with van der Waals surface area (Å²) in [6.45, 7) is 0. The Labute approximate surface area is 116 Å². The Kier molecular flexibility index (Phi) is 4.24. The summed E-state index contributed by atoms with van der Waals surface area (Å²) >= 11 is 2.96. The molecule has 0 aromatic heterocycles. The van der Waals surface area contributed by atoms with E-state index in [0.29, 0.717) is 0 Å². The molecule has 0 aliphatic rings. The minimum absolute atomic E-state index is 0.0703. The van der Waals surface area contributed by atoms with Gasteiger partial charge in [0.25, 0.3) is 0 Å². The van der Waals surface area contributed by atoms with Gasteiger partial charge in [0.2, 0.25) is 0 Å². The normalized spacial score (nSPS) is 12.5. The molecule has 0 aliphatic heterocycles. The van der Waals surface area contributed by atoms with Crippen molar-refractivity contribution < 1.29 is 13.2 Å². The topological polar surface area (TPSA) is 38.0 Å². The molecule has 0 saturated carbocycles. The van der Waals surface area contributed by atoms with E-state index in [4.69, 9.17) is 5.84 Å². The lowest BCUT2D eigenvalue weighted by Crippen LogP contribution is -2.31. The highest BCUT2D eigenvalue weighted by atomic mass is 79.9. The fourth-order valence-corrected chi connectivity index (χ4v) is 2.19. The van der Waals surface area contributed by atoms with Crippen LogP contribution in [0.25, 0.3) is 0 Å². The van der Waals surface area contributed by atoms with Crippen LogP contribution < -0.4 is 11.3 Å². The first kappa shape index (κ1) is 14.0. The Morgan fingerprint density at radius 2 is 1.68 bits per heavy atom. The molecule has 6 heteroatoms. The van der Waals surface area contributed by atoms with Gasteiger partial charge in [-0.15, -0.1) is 0 Å². The van der Waals surface area contributed by atoms with Crippen LogP contribution in [0.5, 0.6) is 0 Å². The maximum Gasteiger partial charge on any atom is 0.145 e. The van der Waals surface area contributed by atoms with Crippen molar-refractivity contribution in [2.75, 3.05) is 0 Å². The predicted molar refractivity (Wildman–Crippen MR) is 69.6 cm³/mol. The van der Waals surface area contributed by atoms with Crippen molar-refractivity contribution in [2.24, 2.45) is 5.84 Å². The third-order valence-corrected chi connectivity index (χ3v) is 3.36. The number of benzene rings is 2. The smallest absolute Gasteiger partial charge is 0.145 e. The van der Waals surface area contributed by atoms with Gasteiger partial charge in [0.1, 0.15) is 17.5 Å². The zero-order valence-electron chi connectivity index (χ0n) is 9.63. The third kappa shape index (κ3) is 2.65. The third-order valence-electron chi connectivity index (χ3n) is 2.75. The second-order valence-corrected chi connectivity index (χ2v) is 4.73. The molecule has 3 N–H and O–H groups in total. The Hall–Kier alpha value is -1.37. The van der Waals surface area contributed by atoms with Crippen LogP contribution in [0.4, 0.5) is 13.2 Å². The summed E-state index contributed by atoms with van der Waals surface area (Å²) in [7, 11) is 0. The van der Waals surface area contributed by atoms with Crippen LogP contribution in [-0.4, -0.2) is 0 Å². The van der Waals surface area contributed by atoms with Gasteiger partial charge < -0.3 is 0 Å². The summed E-state index contributed by atoms with van der Waals surface area (Å²) in [6.07, 6.45) is 0. The molecule has 2 rings (SSSR count). The molecule has 1 unspecified atom stereocenters. The van der Waals surface area contributed by atoms with Gasteiger partial charge in [0.15, 0.2) is 0 Å². The summed E-state index contributed by atoms with van der Waals surface area (Å²) in [5, 5.41) is 0. The van der Waals surface area contributed by atoms with Gasteiger partial charge in [0, 0.05) is 11.1 Å². The summed E-state index contributed by atoms with van der Waals surface area (Å²) < 4.78 is 41.6. The van der Waals surface area contributed by atoms with Crippen molar-refractivity contribution in [1.82, 2.24) is 5.43 Å². The second kappa shape index (κ2) is 5.73. The molecule has 0 saturated heterocycles. The van der Waals surface area contributed by atoms with E-state index in [1.54, 1.807) is 6.07 Å². The van der Waals surface area contributed by atoms with Gasteiger partial charge >= 0.3 is 0 Å². The molecule has 0 fully saturated rings. The molecule has 2 aromatic rings. The number of hydrazine groups is 1. The number of nitrogens with one attached hydrogen (secondary N) is 1. The highest BCUT2D eigenvalue weighted by Crippen LogP contribution is 2.31. The number of halogens is 4. The maximum atomic E-state index is 14.0. The molecule has 0 amide bonds. The lowest BCUT2D eigenvalue weighted by atomic mass is 9.98. The van der Waals surface area contributed by atoms with Crippen LogP contribution >= 0.6 is 15.9 Å². The lowest BCUT2D eigenvalue weighted by molar-refractivity contribution is 0.493. The Bertz CT molecular complexity index is 604. The molecular weight excluding hydrogens is 321 g/mol. The first-order valence-electron chi connectivity index (χ1n) is 5.40. The van der Waals surface area contributed by atoms with Crippen LogP contribution in [0.15, 0.2) is 40.9 Å². The molecule has 0 aliphatic carbocycles.